The van der Waals surface area contributed by atoms with E-state index < -0.39 is 0 Å². The second-order valence-electron chi connectivity index (χ2n) is 4.31. The lowest BCUT2D eigenvalue weighted by Gasteiger charge is -2.25. The highest BCUT2D eigenvalue weighted by Crippen LogP contribution is 2.55. The third-order valence-electron chi connectivity index (χ3n) is 3.81. The van der Waals surface area contributed by atoms with E-state index >= 15 is 0 Å². The van der Waals surface area contributed by atoms with Gasteiger partial charge in [0.25, 0.3) is 0 Å². The molecule has 0 saturated heterocycles. The Balaban J connectivity index is 1.97. The van der Waals surface area contributed by atoms with Crippen LogP contribution in [0.1, 0.15) is 6.42 Å². The number of hydrogen-bond donors (Lipinski definition) is 0. The van der Waals surface area contributed by atoms with Crippen molar-refractivity contribution in [2.75, 3.05) is 7.11 Å². The third-order valence-corrected chi connectivity index (χ3v) is 4.53. The summed E-state index contributed by atoms with van der Waals surface area (Å²) in [5, 5.41) is 0. The molecule has 1 saturated carbocycles. The summed E-state index contributed by atoms with van der Waals surface area (Å²) in [6.45, 7) is 0. The van der Waals surface area contributed by atoms with Crippen molar-refractivity contribution in [2.45, 2.75) is 12.5 Å². The summed E-state index contributed by atoms with van der Waals surface area (Å²) >= 11 is 3.61. The first-order valence-corrected chi connectivity index (χ1v) is 5.69. The van der Waals surface area contributed by atoms with Gasteiger partial charge in [0.05, 0.1) is 6.10 Å². The smallest absolute Gasteiger partial charge is 0.0922 e. The molecule has 0 N–H and O–H groups in total. The largest absolute Gasteiger partial charge is 0.376 e. The van der Waals surface area contributed by atoms with Crippen LogP contribution in [0.15, 0.2) is 22.7 Å². The molecule has 2 heteroatoms. The fraction of sp³-hybridized carbons (Fsp3) is 0.636. The lowest BCUT2D eigenvalue weighted by atomic mass is 9.84. The van der Waals surface area contributed by atoms with Crippen LogP contribution in [-0.4, -0.2) is 13.2 Å². The van der Waals surface area contributed by atoms with Gasteiger partial charge in [0.2, 0.25) is 0 Å². The molecule has 0 heterocycles. The first kappa shape index (κ1) is 8.25. The molecule has 70 valence electrons. The maximum atomic E-state index is 5.54. The molecule has 1 fully saturated rings. The van der Waals surface area contributed by atoms with Crippen LogP contribution in [-0.2, 0) is 4.74 Å². The van der Waals surface area contributed by atoms with E-state index in [1.54, 1.807) is 0 Å². The molecule has 3 rings (SSSR count). The van der Waals surface area contributed by atoms with Gasteiger partial charge in [-0.1, -0.05) is 34.2 Å². The minimum atomic E-state index is 0.324. The molecule has 4 unspecified atom stereocenters. The zero-order valence-corrected chi connectivity index (χ0v) is 9.20. The molecule has 0 radical (unpaired) electrons. The van der Waals surface area contributed by atoms with Crippen LogP contribution in [0.25, 0.3) is 0 Å². The molecule has 5 atom stereocenters. The fourth-order valence-electron chi connectivity index (χ4n) is 3.29. The number of rotatable bonds is 1. The predicted molar refractivity (Wildman–Crippen MR) is 55.5 cm³/mol. The van der Waals surface area contributed by atoms with Crippen molar-refractivity contribution in [2.24, 2.45) is 23.7 Å². The Labute approximate surface area is 87.0 Å². The van der Waals surface area contributed by atoms with Crippen LogP contribution >= 0.6 is 15.9 Å². The van der Waals surface area contributed by atoms with Crippen LogP contribution in [0, 0.1) is 23.7 Å². The van der Waals surface area contributed by atoms with Crippen molar-refractivity contribution in [1.82, 2.24) is 0 Å². The van der Waals surface area contributed by atoms with Crippen molar-refractivity contribution >= 4 is 15.9 Å². The molecule has 0 aromatic heterocycles. The molecule has 3 aliphatic rings. The monoisotopic (exact) mass is 240 g/mol. The lowest BCUT2D eigenvalue weighted by molar-refractivity contribution is 0.0747. The quantitative estimate of drug-likeness (QED) is 0.641. The predicted octanol–water partition coefficient (Wildman–Crippen LogP) is 2.73. The molecule has 0 spiro atoms. The Morgan fingerprint density at radius 2 is 2.15 bits per heavy atom. The number of ether oxygens (including phenoxy) is 1. The van der Waals surface area contributed by atoms with Gasteiger partial charge in [-0.15, -0.1) is 0 Å². The van der Waals surface area contributed by atoms with Crippen molar-refractivity contribution in [3.8, 4) is 0 Å². The molecular weight excluding hydrogens is 228 g/mol. The average molecular weight is 241 g/mol. The summed E-state index contributed by atoms with van der Waals surface area (Å²) in [5.41, 5.74) is 0. The SMILES string of the molecule is CO[C@@H]1C(Br)=CC2C3C=CC(C3)C21. The highest BCUT2D eigenvalue weighted by molar-refractivity contribution is 9.11. The van der Waals surface area contributed by atoms with Crippen LogP contribution < -0.4 is 0 Å². The molecular formula is C11H13BrO. The van der Waals surface area contributed by atoms with Gasteiger partial charge in [-0.05, 0) is 24.2 Å². The fourth-order valence-corrected chi connectivity index (χ4v) is 4.09. The Kier molecular flexibility index (Phi) is 1.72. The Morgan fingerprint density at radius 1 is 1.38 bits per heavy atom. The Morgan fingerprint density at radius 3 is 2.92 bits per heavy atom. The second-order valence-corrected chi connectivity index (χ2v) is 5.23. The number of hydrogen-bond acceptors (Lipinski definition) is 1. The minimum absolute atomic E-state index is 0.324. The summed E-state index contributed by atoms with van der Waals surface area (Å²) in [6, 6.07) is 0. The second kappa shape index (κ2) is 2.71. The summed E-state index contributed by atoms with van der Waals surface area (Å²) < 4.78 is 6.81. The van der Waals surface area contributed by atoms with Gasteiger partial charge in [0.15, 0.2) is 0 Å². The van der Waals surface area contributed by atoms with Crippen LogP contribution in [0.2, 0.25) is 0 Å². The average Bonchev–Trinajstić information content (AvgIpc) is 2.72. The van der Waals surface area contributed by atoms with Crippen LogP contribution in [0.5, 0.6) is 0 Å². The number of methoxy groups -OCH3 is 1. The van der Waals surface area contributed by atoms with Gasteiger partial charge in [0.1, 0.15) is 0 Å². The minimum Gasteiger partial charge on any atom is -0.376 e. The van der Waals surface area contributed by atoms with Gasteiger partial charge >= 0.3 is 0 Å². The zero-order valence-electron chi connectivity index (χ0n) is 7.61. The number of allylic oxidation sites excluding steroid dienone is 3. The first-order chi connectivity index (χ1) is 6.31. The Bertz CT molecular complexity index is 294. The highest BCUT2D eigenvalue weighted by atomic mass is 79.9. The molecule has 0 aliphatic heterocycles. The van der Waals surface area contributed by atoms with E-state index in [-0.39, 0.29) is 0 Å². The van der Waals surface area contributed by atoms with E-state index in [1.807, 2.05) is 7.11 Å². The summed E-state index contributed by atoms with van der Waals surface area (Å²) in [7, 11) is 1.82. The van der Waals surface area contributed by atoms with Crippen molar-refractivity contribution in [1.29, 1.82) is 0 Å². The summed E-state index contributed by atoms with van der Waals surface area (Å²) in [4.78, 5) is 0. The van der Waals surface area contributed by atoms with E-state index in [0.29, 0.717) is 6.10 Å². The first-order valence-electron chi connectivity index (χ1n) is 4.89. The lowest BCUT2D eigenvalue weighted by Crippen LogP contribution is -2.26. The van der Waals surface area contributed by atoms with Gasteiger partial charge in [-0.25, -0.2) is 0 Å². The number of halogens is 1. The normalized spacial score (nSPS) is 51.2. The number of fused-ring (bicyclic) bond motifs is 5. The molecule has 0 amide bonds. The third kappa shape index (κ3) is 0.962. The Hall–Kier alpha value is -0.0800. The van der Waals surface area contributed by atoms with Gasteiger partial charge in [-0.2, -0.15) is 0 Å². The van der Waals surface area contributed by atoms with Gasteiger partial charge in [0, 0.05) is 17.5 Å². The maximum absolute atomic E-state index is 5.54. The highest BCUT2D eigenvalue weighted by Gasteiger charge is 2.51. The topological polar surface area (TPSA) is 9.23 Å². The van der Waals surface area contributed by atoms with Gasteiger partial charge in [-0.3, -0.25) is 0 Å². The van der Waals surface area contributed by atoms with E-state index in [2.05, 4.69) is 34.2 Å². The van der Waals surface area contributed by atoms with E-state index in [1.165, 1.54) is 10.9 Å². The maximum Gasteiger partial charge on any atom is 0.0922 e. The van der Waals surface area contributed by atoms with Crippen LogP contribution in [0.3, 0.4) is 0 Å². The molecule has 2 bridgehead atoms. The van der Waals surface area contributed by atoms with Crippen molar-refractivity contribution in [3.63, 3.8) is 0 Å². The molecule has 0 aromatic rings. The molecule has 0 aromatic carbocycles. The van der Waals surface area contributed by atoms with Crippen molar-refractivity contribution < 1.29 is 4.74 Å². The van der Waals surface area contributed by atoms with E-state index in [9.17, 15) is 0 Å². The molecule has 3 aliphatic carbocycles. The molecule has 13 heavy (non-hydrogen) atoms. The van der Waals surface area contributed by atoms with Crippen LogP contribution in [0.4, 0.5) is 0 Å². The van der Waals surface area contributed by atoms with Crippen molar-refractivity contribution in [3.05, 3.63) is 22.7 Å². The van der Waals surface area contributed by atoms with E-state index in [4.69, 9.17) is 4.74 Å². The standard InChI is InChI=1S/C11H13BrO/c1-13-11-9(12)5-8-6-2-3-7(4-6)10(8)11/h2-3,5-8,10-11H,4H2,1H3/t6?,7?,8?,10?,11-/m1/s1. The van der Waals surface area contributed by atoms with Gasteiger partial charge < -0.3 is 4.74 Å². The van der Waals surface area contributed by atoms with E-state index in [0.717, 1.165) is 23.7 Å². The zero-order chi connectivity index (χ0) is 9.00. The molecule has 1 nitrogen and oxygen atoms in total. The summed E-state index contributed by atoms with van der Waals surface area (Å²) in [6.07, 6.45) is 8.82. The summed E-state index contributed by atoms with van der Waals surface area (Å²) in [5.74, 6) is 3.03.